The van der Waals surface area contributed by atoms with Crippen molar-refractivity contribution in [2.45, 2.75) is 26.2 Å². The van der Waals surface area contributed by atoms with Gasteiger partial charge in [-0.3, -0.25) is 25.7 Å². The SMILES string of the molecule is C/C(=N\Nc1ccc([N+](=O)[O-])cc1[N+](=O)[O-])C1CC=CCC1. The summed E-state index contributed by atoms with van der Waals surface area (Å²) in [7, 11) is 0. The molecular formula is C14H16N4O4. The average molecular weight is 304 g/mol. The molecule has 22 heavy (non-hydrogen) atoms. The molecule has 116 valence electrons. The molecule has 2 rings (SSSR count). The minimum absolute atomic E-state index is 0.140. The number of anilines is 1. The Morgan fingerprint density at radius 2 is 2.05 bits per heavy atom. The predicted octanol–water partition coefficient (Wildman–Crippen LogP) is 3.65. The lowest BCUT2D eigenvalue weighted by Gasteiger charge is -2.17. The Bertz CT molecular complexity index is 654. The maximum Gasteiger partial charge on any atom is 0.301 e. The molecule has 1 aromatic carbocycles. The lowest BCUT2D eigenvalue weighted by Crippen LogP contribution is -2.14. The molecule has 1 aliphatic carbocycles. The largest absolute Gasteiger partial charge is 0.301 e. The topological polar surface area (TPSA) is 111 Å². The summed E-state index contributed by atoms with van der Waals surface area (Å²) in [4.78, 5) is 20.4. The number of allylic oxidation sites excluding steroid dienone is 2. The van der Waals surface area contributed by atoms with Gasteiger partial charge in [-0.05, 0) is 32.3 Å². The summed E-state index contributed by atoms with van der Waals surface area (Å²) in [5, 5.41) is 25.9. The first-order valence-electron chi connectivity index (χ1n) is 6.87. The normalized spacial score (nSPS) is 18.0. The van der Waals surface area contributed by atoms with E-state index >= 15 is 0 Å². The quantitative estimate of drug-likeness (QED) is 0.386. The molecule has 1 atom stereocenters. The first-order valence-corrected chi connectivity index (χ1v) is 6.87. The van der Waals surface area contributed by atoms with Gasteiger partial charge in [-0.25, -0.2) is 0 Å². The molecule has 0 radical (unpaired) electrons. The fraction of sp³-hybridized carbons (Fsp3) is 0.357. The second kappa shape index (κ2) is 6.79. The highest BCUT2D eigenvalue weighted by Crippen LogP contribution is 2.29. The number of hydrogen-bond acceptors (Lipinski definition) is 6. The van der Waals surface area contributed by atoms with Crippen molar-refractivity contribution in [3.05, 3.63) is 50.6 Å². The van der Waals surface area contributed by atoms with E-state index in [1.165, 1.54) is 12.1 Å². The second-order valence-electron chi connectivity index (χ2n) is 5.06. The molecule has 8 nitrogen and oxygen atoms in total. The van der Waals surface area contributed by atoms with E-state index in [9.17, 15) is 20.2 Å². The van der Waals surface area contributed by atoms with Crippen LogP contribution in [0.15, 0.2) is 35.5 Å². The Kier molecular flexibility index (Phi) is 4.82. The van der Waals surface area contributed by atoms with E-state index in [2.05, 4.69) is 22.7 Å². The molecule has 1 aromatic rings. The fourth-order valence-corrected chi connectivity index (χ4v) is 2.29. The maximum absolute atomic E-state index is 11.0. The van der Waals surface area contributed by atoms with E-state index in [0.717, 1.165) is 31.0 Å². The maximum atomic E-state index is 11.0. The smallest absolute Gasteiger partial charge is 0.272 e. The zero-order chi connectivity index (χ0) is 16.1. The van der Waals surface area contributed by atoms with E-state index in [0.29, 0.717) is 5.92 Å². The number of nitro groups is 2. The molecule has 1 aliphatic rings. The minimum Gasteiger partial charge on any atom is -0.272 e. The van der Waals surface area contributed by atoms with E-state index in [4.69, 9.17) is 0 Å². The third-order valence-corrected chi connectivity index (χ3v) is 3.60. The second-order valence-corrected chi connectivity index (χ2v) is 5.06. The van der Waals surface area contributed by atoms with Crippen LogP contribution in [0.1, 0.15) is 26.2 Å². The summed E-state index contributed by atoms with van der Waals surface area (Å²) in [6.07, 6.45) is 7.12. The summed E-state index contributed by atoms with van der Waals surface area (Å²) in [6.45, 7) is 1.87. The van der Waals surface area contributed by atoms with Crippen molar-refractivity contribution in [1.82, 2.24) is 0 Å². The van der Waals surface area contributed by atoms with Crippen LogP contribution in [0, 0.1) is 26.1 Å². The van der Waals surface area contributed by atoms with Crippen LogP contribution >= 0.6 is 0 Å². The van der Waals surface area contributed by atoms with Crippen molar-refractivity contribution in [1.29, 1.82) is 0 Å². The number of nitro benzene ring substituents is 2. The molecule has 0 saturated heterocycles. The highest BCUT2D eigenvalue weighted by atomic mass is 16.6. The number of benzene rings is 1. The van der Waals surface area contributed by atoms with Gasteiger partial charge in [0, 0.05) is 17.7 Å². The Labute approximate surface area is 126 Å². The molecule has 0 heterocycles. The van der Waals surface area contributed by atoms with Gasteiger partial charge in [0.25, 0.3) is 5.69 Å². The number of rotatable bonds is 5. The Hall–Kier alpha value is -2.77. The fourth-order valence-electron chi connectivity index (χ4n) is 2.29. The van der Waals surface area contributed by atoms with Crippen molar-refractivity contribution in [2.75, 3.05) is 5.43 Å². The summed E-state index contributed by atoms with van der Waals surface area (Å²) >= 11 is 0. The zero-order valence-electron chi connectivity index (χ0n) is 12.1. The summed E-state index contributed by atoms with van der Waals surface area (Å²) in [6, 6.07) is 3.44. The van der Waals surface area contributed by atoms with Crippen LogP contribution in [0.3, 0.4) is 0 Å². The molecule has 0 aliphatic heterocycles. The molecule has 0 fully saturated rings. The highest BCUT2D eigenvalue weighted by Gasteiger charge is 2.20. The van der Waals surface area contributed by atoms with Gasteiger partial charge in [-0.15, -0.1) is 0 Å². The van der Waals surface area contributed by atoms with Gasteiger partial charge in [0.2, 0.25) is 0 Å². The molecule has 1 unspecified atom stereocenters. The summed E-state index contributed by atoms with van der Waals surface area (Å²) < 4.78 is 0. The van der Waals surface area contributed by atoms with Gasteiger partial charge in [-0.2, -0.15) is 5.10 Å². The molecule has 0 amide bonds. The first kappa shape index (κ1) is 15.6. The van der Waals surface area contributed by atoms with Gasteiger partial charge < -0.3 is 0 Å². The molecule has 0 aromatic heterocycles. The summed E-state index contributed by atoms with van der Waals surface area (Å²) in [5.74, 6) is 0.314. The van der Waals surface area contributed by atoms with Crippen LogP contribution in [-0.2, 0) is 0 Å². The molecule has 0 bridgehead atoms. The number of nitrogens with zero attached hydrogens (tertiary/aromatic N) is 3. The van der Waals surface area contributed by atoms with E-state index < -0.39 is 9.85 Å². The third kappa shape index (κ3) is 3.66. The lowest BCUT2D eigenvalue weighted by atomic mass is 9.91. The first-order chi connectivity index (χ1) is 10.5. The standard InChI is InChI=1S/C14H16N4O4/c1-10(11-5-3-2-4-6-11)15-16-13-8-7-12(17(19)20)9-14(13)18(21)22/h2-3,7-9,11,16H,4-6H2,1H3/b15-10+. The van der Waals surface area contributed by atoms with Crippen molar-refractivity contribution < 1.29 is 9.85 Å². The average Bonchev–Trinajstić information content (AvgIpc) is 2.53. The Balaban J connectivity index is 2.19. The highest BCUT2D eigenvalue weighted by molar-refractivity contribution is 5.85. The Morgan fingerprint density at radius 3 is 2.64 bits per heavy atom. The van der Waals surface area contributed by atoms with Crippen molar-refractivity contribution >= 4 is 22.8 Å². The molecule has 0 saturated carbocycles. The third-order valence-electron chi connectivity index (χ3n) is 3.60. The van der Waals surface area contributed by atoms with Gasteiger partial charge >= 0.3 is 5.69 Å². The van der Waals surface area contributed by atoms with Crippen LogP contribution < -0.4 is 5.43 Å². The Morgan fingerprint density at radius 1 is 1.27 bits per heavy atom. The van der Waals surface area contributed by atoms with Gasteiger partial charge in [-0.1, -0.05) is 12.2 Å². The number of hydrazone groups is 1. The van der Waals surface area contributed by atoms with Gasteiger partial charge in [0.1, 0.15) is 5.69 Å². The van der Waals surface area contributed by atoms with Crippen LogP contribution in [-0.4, -0.2) is 15.6 Å². The van der Waals surface area contributed by atoms with Crippen molar-refractivity contribution in [3.63, 3.8) is 0 Å². The lowest BCUT2D eigenvalue weighted by molar-refractivity contribution is -0.393. The monoisotopic (exact) mass is 304 g/mol. The van der Waals surface area contributed by atoms with Crippen molar-refractivity contribution in [2.24, 2.45) is 11.0 Å². The van der Waals surface area contributed by atoms with Crippen LogP contribution in [0.5, 0.6) is 0 Å². The van der Waals surface area contributed by atoms with E-state index in [1.54, 1.807) is 0 Å². The van der Waals surface area contributed by atoms with Crippen LogP contribution in [0.4, 0.5) is 17.1 Å². The number of non-ortho nitro benzene ring substituents is 1. The summed E-state index contributed by atoms with van der Waals surface area (Å²) in [5.41, 5.74) is 2.97. The van der Waals surface area contributed by atoms with E-state index in [1.807, 2.05) is 6.92 Å². The van der Waals surface area contributed by atoms with Crippen LogP contribution in [0.2, 0.25) is 0 Å². The molecule has 1 N–H and O–H groups in total. The van der Waals surface area contributed by atoms with Gasteiger partial charge in [0.05, 0.1) is 15.9 Å². The molecular weight excluding hydrogens is 288 g/mol. The minimum atomic E-state index is -0.667. The van der Waals surface area contributed by atoms with Gasteiger partial charge in [0.15, 0.2) is 0 Å². The molecule has 8 heteroatoms. The van der Waals surface area contributed by atoms with E-state index in [-0.39, 0.29) is 17.1 Å². The number of nitrogens with one attached hydrogen (secondary N) is 1. The predicted molar refractivity (Wildman–Crippen MR) is 83.0 cm³/mol. The van der Waals surface area contributed by atoms with Crippen molar-refractivity contribution in [3.8, 4) is 0 Å². The number of hydrogen-bond donors (Lipinski definition) is 1. The zero-order valence-corrected chi connectivity index (χ0v) is 12.1. The molecule has 0 spiro atoms. The van der Waals surface area contributed by atoms with Crippen LogP contribution in [0.25, 0.3) is 0 Å².